The Labute approximate surface area is 62.4 Å². The van der Waals surface area contributed by atoms with Gasteiger partial charge in [0.2, 0.25) is 0 Å². The number of hydrogen-bond donors (Lipinski definition) is 0. The molecule has 1 aromatic heterocycles. The average molecular weight is 154 g/mol. The standard InChI is InChI=1S/C7H4ClNO/c8-6-3-1-2-5-4-10-9-7(5)6/h1-4H. The lowest BCUT2D eigenvalue weighted by Crippen LogP contribution is -1.67. The van der Waals surface area contributed by atoms with E-state index in [1.54, 1.807) is 12.3 Å². The first-order valence-corrected chi connectivity index (χ1v) is 3.24. The van der Waals surface area contributed by atoms with Crippen molar-refractivity contribution in [1.82, 2.24) is 5.16 Å². The highest BCUT2D eigenvalue weighted by atomic mass is 35.5. The van der Waals surface area contributed by atoms with Crippen LogP contribution in [-0.4, -0.2) is 5.16 Å². The minimum Gasteiger partial charge on any atom is -0.363 e. The number of hydrogen-bond acceptors (Lipinski definition) is 2. The maximum Gasteiger partial charge on any atom is 0.132 e. The van der Waals surface area contributed by atoms with Gasteiger partial charge in [-0.05, 0) is 12.1 Å². The van der Waals surface area contributed by atoms with Crippen LogP contribution >= 0.6 is 11.6 Å². The van der Waals surface area contributed by atoms with Crippen molar-refractivity contribution in [2.75, 3.05) is 0 Å². The van der Waals surface area contributed by atoms with Gasteiger partial charge >= 0.3 is 0 Å². The molecule has 0 saturated heterocycles. The summed E-state index contributed by atoms with van der Waals surface area (Å²) in [7, 11) is 0. The third-order valence-corrected chi connectivity index (χ3v) is 1.65. The van der Waals surface area contributed by atoms with E-state index >= 15 is 0 Å². The number of aromatic nitrogens is 1. The Hall–Kier alpha value is -1.02. The fourth-order valence-electron chi connectivity index (χ4n) is 0.859. The summed E-state index contributed by atoms with van der Waals surface area (Å²) in [6.45, 7) is 0. The maximum atomic E-state index is 5.78. The molecule has 0 bridgehead atoms. The molecule has 50 valence electrons. The lowest BCUT2D eigenvalue weighted by atomic mass is 10.3. The molecule has 2 aromatic rings. The maximum absolute atomic E-state index is 5.78. The van der Waals surface area contributed by atoms with E-state index in [2.05, 4.69) is 5.16 Å². The molecule has 10 heavy (non-hydrogen) atoms. The quantitative estimate of drug-likeness (QED) is 0.581. The average Bonchev–Trinajstić information content (AvgIpc) is 2.36. The van der Waals surface area contributed by atoms with Crippen LogP contribution in [0.4, 0.5) is 0 Å². The Bertz CT molecular complexity index is 355. The fourth-order valence-corrected chi connectivity index (χ4v) is 1.08. The van der Waals surface area contributed by atoms with Gasteiger partial charge in [-0.1, -0.05) is 22.8 Å². The molecule has 2 rings (SSSR count). The first kappa shape index (κ1) is 5.74. The lowest BCUT2D eigenvalue weighted by Gasteiger charge is -1.85. The van der Waals surface area contributed by atoms with Crippen LogP contribution in [0.5, 0.6) is 0 Å². The molecule has 0 radical (unpaired) electrons. The second-order valence-electron chi connectivity index (χ2n) is 1.99. The third kappa shape index (κ3) is 0.693. The zero-order chi connectivity index (χ0) is 6.97. The number of benzene rings is 1. The summed E-state index contributed by atoms with van der Waals surface area (Å²) in [6.07, 6.45) is 1.57. The van der Waals surface area contributed by atoms with E-state index in [1.165, 1.54) is 0 Å². The summed E-state index contributed by atoms with van der Waals surface area (Å²) in [5, 5.41) is 5.28. The van der Waals surface area contributed by atoms with Crippen molar-refractivity contribution in [2.24, 2.45) is 0 Å². The van der Waals surface area contributed by atoms with Gasteiger partial charge in [-0.15, -0.1) is 0 Å². The molecule has 0 N–H and O–H groups in total. The van der Waals surface area contributed by atoms with Gasteiger partial charge in [-0.3, -0.25) is 0 Å². The van der Waals surface area contributed by atoms with Crippen molar-refractivity contribution in [3.63, 3.8) is 0 Å². The summed E-state index contributed by atoms with van der Waals surface area (Å²) in [5.41, 5.74) is 0.726. The van der Waals surface area contributed by atoms with Crippen LogP contribution in [-0.2, 0) is 0 Å². The molecular formula is C7H4ClNO. The van der Waals surface area contributed by atoms with E-state index in [4.69, 9.17) is 16.1 Å². The number of fused-ring (bicyclic) bond motifs is 1. The van der Waals surface area contributed by atoms with Gasteiger partial charge in [0.1, 0.15) is 11.8 Å². The molecule has 1 aromatic carbocycles. The number of rotatable bonds is 0. The van der Waals surface area contributed by atoms with E-state index in [-0.39, 0.29) is 0 Å². The van der Waals surface area contributed by atoms with Crippen molar-refractivity contribution in [3.05, 3.63) is 29.5 Å². The van der Waals surface area contributed by atoms with Crippen molar-refractivity contribution in [1.29, 1.82) is 0 Å². The first-order valence-electron chi connectivity index (χ1n) is 2.86. The Kier molecular flexibility index (Phi) is 1.14. The van der Waals surface area contributed by atoms with Gasteiger partial charge in [0.15, 0.2) is 0 Å². The van der Waals surface area contributed by atoms with E-state index in [1.807, 2.05) is 12.1 Å². The fraction of sp³-hybridized carbons (Fsp3) is 0. The van der Waals surface area contributed by atoms with Gasteiger partial charge in [-0.25, -0.2) is 0 Å². The molecule has 0 atom stereocenters. The van der Waals surface area contributed by atoms with Crippen LogP contribution in [0.3, 0.4) is 0 Å². The zero-order valence-corrected chi connectivity index (χ0v) is 5.80. The van der Waals surface area contributed by atoms with Gasteiger partial charge in [0, 0.05) is 5.39 Å². The Balaban J connectivity index is 2.95. The monoisotopic (exact) mass is 153 g/mol. The van der Waals surface area contributed by atoms with Crippen LogP contribution in [0.2, 0.25) is 5.02 Å². The second kappa shape index (κ2) is 1.99. The second-order valence-corrected chi connectivity index (χ2v) is 2.40. The Morgan fingerprint density at radius 3 is 3.10 bits per heavy atom. The zero-order valence-electron chi connectivity index (χ0n) is 5.04. The molecule has 2 nitrogen and oxygen atoms in total. The summed E-state index contributed by atoms with van der Waals surface area (Å²) in [5.74, 6) is 0. The summed E-state index contributed by atoms with van der Waals surface area (Å²) in [4.78, 5) is 0. The van der Waals surface area contributed by atoms with Crippen molar-refractivity contribution in [2.45, 2.75) is 0 Å². The highest BCUT2D eigenvalue weighted by molar-refractivity contribution is 6.34. The third-order valence-electron chi connectivity index (χ3n) is 1.34. The topological polar surface area (TPSA) is 26.0 Å². The molecule has 3 heteroatoms. The van der Waals surface area contributed by atoms with Crippen LogP contribution in [0.25, 0.3) is 10.9 Å². The van der Waals surface area contributed by atoms with Crippen molar-refractivity contribution in [3.8, 4) is 0 Å². The van der Waals surface area contributed by atoms with E-state index in [9.17, 15) is 0 Å². The van der Waals surface area contributed by atoms with Crippen LogP contribution < -0.4 is 0 Å². The van der Waals surface area contributed by atoms with Gasteiger partial charge in [0.25, 0.3) is 0 Å². The summed E-state index contributed by atoms with van der Waals surface area (Å²) < 4.78 is 4.71. The van der Waals surface area contributed by atoms with Gasteiger partial charge in [0.05, 0.1) is 5.02 Å². The molecule has 0 aliphatic carbocycles. The summed E-state index contributed by atoms with van der Waals surface area (Å²) >= 11 is 5.78. The molecule has 0 aliphatic rings. The molecule has 0 aliphatic heterocycles. The molecule has 0 fully saturated rings. The van der Waals surface area contributed by atoms with E-state index in [0.29, 0.717) is 5.02 Å². The highest BCUT2D eigenvalue weighted by Crippen LogP contribution is 2.20. The molecule has 0 unspecified atom stereocenters. The van der Waals surface area contributed by atoms with Crippen LogP contribution in [0.15, 0.2) is 29.0 Å². The predicted octanol–water partition coefficient (Wildman–Crippen LogP) is 2.48. The molecule has 0 spiro atoms. The predicted molar refractivity (Wildman–Crippen MR) is 39.0 cm³/mol. The minimum absolute atomic E-state index is 0.631. The molecular weight excluding hydrogens is 150 g/mol. The number of halogens is 1. The normalized spacial score (nSPS) is 10.5. The van der Waals surface area contributed by atoms with Crippen LogP contribution in [0.1, 0.15) is 0 Å². The minimum atomic E-state index is 0.631. The Morgan fingerprint density at radius 1 is 1.40 bits per heavy atom. The van der Waals surface area contributed by atoms with E-state index in [0.717, 1.165) is 10.9 Å². The largest absolute Gasteiger partial charge is 0.363 e. The van der Waals surface area contributed by atoms with Crippen molar-refractivity contribution >= 4 is 22.5 Å². The summed E-state index contributed by atoms with van der Waals surface area (Å²) in [6, 6.07) is 5.55. The smallest absolute Gasteiger partial charge is 0.132 e. The lowest BCUT2D eigenvalue weighted by molar-refractivity contribution is 0.428. The molecule has 0 amide bonds. The van der Waals surface area contributed by atoms with E-state index < -0.39 is 0 Å². The van der Waals surface area contributed by atoms with Crippen LogP contribution in [0, 0.1) is 0 Å². The SMILES string of the molecule is Clc1cccc2conc12. The highest BCUT2D eigenvalue weighted by Gasteiger charge is 1.99. The van der Waals surface area contributed by atoms with Crippen molar-refractivity contribution < 1.29 is 4.52 Å². The molecule has 1 heterocycles. The van der Waals surface area contributed by atoms with Gasteiger partial charge < -0.3 is 4.52 Å². The number of nitrogens with zero attached hydrogens (tertiary/aromatic N) is 1. The molecule has 0 saturated carbocycles. The van der Waals surface area contributed by atoms with Gasteiger partial charge in [-0.2, -0.15) is 0 Å². The Morgan fingerprint density at radius 2 is 2.30 bits per heavy atom. The first-order chi connectivity index (χ1) is 4.88.